The van der Waals surface area contributed by atoms with E-state index in [0.29, 0.717) is 11.9 Å². The molecule has 0 spiro atoms. The summed E-state index contributed by atoms with van der Waals surface area (Å²) >= 11 is 0. The average Bonchev–Trinajstić information content (AvgIpc) is 2.39. The number of anilines is 1. The maximum atomic E-state index is 5.90. The predicted molar refractivity (Wildman–Crippen MR) is 73.3 cm³/mol. The maximum absolute atomic E-state index is 5.90. The summed E-state index contributed by atoms with van der Waals surface area (Å²) in [5.41, 5.74) is 6.73. The smallest absolute Gasteiger partial charge is 0.123 e. The van der Waals surface area contributed by atoms with Gasteiger partial charge in [-0.05, 0) is 26.0 Å². The van der Waals surface area contributed by atoms with Crippen LogP contribution in [0.2, 0.25) is 0 Å². The molecule has 4 nitrogen and oxygen atoms in total. The van der Waals surface area contributed by atoms with Crippen LogP contribution in [-0.2, 0) is 4.74 Å². The number of pyridine rings is 1. The molecule has 0 aliphatic carbocycles. The first-order valence-corrected chi connectivity index (χ1v) is 6.77. The molecule has 0 radical (unpaired) electrons. The second-order valence-corrected chi connectivity index (χ2v) is 5.04. The summed E-state index contributed by atoms with van der Waals surface area (Å²) in [5, 5.41) is 0. The molecule has 1 aromatic rings. The summed E-state index contributed by atoms with van der Waals surface area (Å²) in [6.07, 6.45) is 4.44. The summed E-state index contributed by atoms with van der Waals surface area (Å²) in [7, 11) is 0. The highest BCUT2D eigenvalue weighted by Gasteiger charge is 2.26. The highest BCUT2D eigenvalue weighted by Crippen LogP contribution is 2.24. The van der Waals surface area contributed by atoms with Gasteiger partial charge in [0.05, 0.1) is 12.7 Å². The highest BCUT2D eigenvalue weighted by atomic mass is 16.5. The van der Waals surface area contributed by atoms with Crippen LogP contribution in [0, 0.1) is 0 Å². The van der Waals surface area contributed by atoms with Gasteiger partial charge in [-0.15, -0.1) is 0 Å². The fourth-order valence-corrected chi connectivity index (χ4v) is 2.29. The zero-order valence-corrected chi connectivity index (χ0v) is 11.3. The Hall–Kier alpha value is -1.13. The van der Waals surface area contributed by atoms with Crippen LogP contribution in [0.4, 0.5) is 5.82 Å². The predicted octanol–water partition coefficient (Wildman–Crippen LogP) is 2.23. The number of nitrogens with two attached hydrogens (primary N) is 1. The summed E-state index contributed by atoms with van der Waals surface area (Å²) in [4.78, 5) is 6.65. The fraction of sp³-hybridized carbons (Fsp3) is 0.643. The van der Waals surface area contributed by atoms with Gasteiger partial charge in [-0.3, -0.25) is 4.90 Å². The van der Waals surface area contributed by atoms with E-state index in [9.17, 15) is 0 Å². The summed E-state index contributed by atoms with van der Waals surface area (Å²) in [6, 6.07) is 4.36. The number of nitrogen functional groups attached to an aromatic ring is 1. The van der Waals surface area contributed by atoms with Gasteiger partial charge in [0.1, 0.15) is 5.82 Å². The van der Waals surface area contributed by atoms with Crippen LogP contribution in [0.5, 0.6) is 0 Å². The molecule has 2 heterocycles. The van der Waals surface area contributed by atoms with Crippen LogP contribution >= 0.6 is 0 Å². The van der Waals surface area contributed by atoms with Gasteiger partial charge in [-0.1, -0.05) is 19.4 Å². The lowest BCUT2D eigenvalue weighted by Crippen LogP contribution is -2.45. The van der Waals surface area contributed by atoms with Crippen molar-refractivity contribution in [2.24, 2.45) is 0 Å². The van der Waals surface area contributed by atoms with Crippen molar-refractivity contribution in [1.29, 1.82) is 0 Å². The van der Waals surface area contributed by atoms with Crippen molar-refractivity contribution in [2.45, 2.75) is 38.8 Å². The van der Waals surface area contributed by atoms with Crippen molar-refractivity contribution >= 4 is 5.82 Å². The molecule has 18 heavy (non-hydrogen) atoms. The normalized spacial score (nSPS) is 25.2. The minimum absolute atomic E-state index is 0.131. The Morgan fingerprint density at radius 2 is 2.33 bits per heavy atom. The first-order chi connectivity index (χ1) is 8.70. The summed E-state index contributed by atoms with van der Waals surface area (Å²) in [6.45, 7) is 7.35. The number of unbranched alkanes of at least 4 members (excludes halogenated alkanes) is 1. The monoisotopic (exact) mass is 249 g/mol. The van der Waals surface area contributed by atoms with Crippen molar-refractivity contribution in [3.63, 3.8) is 0 Å². The number of rotatable bonds is 4. The topological polar surface area (TPSA) is 51.4 Å². The molecule has 100 valence electrons. The van der Waals surface area contributed by atoms with Crippen molar-refractivity contribution < 1.29 is 4.74 Å². The molecule has 0 unspecified atom stereocenters. The molecular formula is C14H23N3O. The van der Waals surface area contributed by atoms with E-state index in [4.69, 9.17) is 10.5 Å². The van der Waals surface area contributed by atoms with Gasteiger partial charge in [0.25, 0.3) is 0 Å². The Morgan fingerprint density at radius 1 is 1.50 bits per heavy atom. The molecule has 2 rings (SSSR count). The van der Waals surface area contributed by atoms with Crippen LogP contribution in [0.15, 0.2) is 18.3 Å². The minimum atomic E-state index is 0.131. The van der Waals surface area contributed by atoms with Gasteiger partial charge in [-0.2, -0.15) is 0 Å². The third-order valence-corrected chi connectivity index (χ3v) is 3.54. The number of hydrogen-bond acceptors (Lipinski definition) is 4. The van der Waals surface area contributed by atoms with E-state index in [1.807, 2.05) is 18.3 Å². The molecule has 1 fully saturated rings. The van der Waals surface area contributed by atoms with E-state index in [-0.39, 0.29) is 6.10 Å². The molecule has 2 N–H and O–H groups in total. The number of ether oxygens (including phenoxy) is 1. The number of morpholine rings is 1. The Labute approximate surface area is 109 Å². The van der Waals surface area contributed by atoms with Crippen molar-refractivity contribution in [2.75, 3.05) is 25.4 Å². The standard InChI is InChI=1S/C14H23N3O/c1-3-4-7-17-9-13(18-10-11(17)2)12-5-6-14(15)16-8-12/h5-6,8,11,13H,3-4,7,9-10H2,1-2H3,(H2,15,16)/t11-,13-/m0/s1. The van der Waals surface area contributed by atoms with Gasteiger partial charge in [0.15, 0.2) is 0 Å². The largest absolute Gasteiger partial charge is 0.384 e. The van der Waals surface area contributed by atoms with E-state index in [0.717, 1.165) is 25.3 Å². The van der Waals surface area contributed by atoms with Gasteiger partial charge < -0.3 is 10.5 Å². The summed E-state index contributed by atoms with van der Waals surface area (Å²) < 4.78 is 5.90. The second-order valence-electron chi connectivity index (χ2n) is 5.04. The molecule has 2 atom stereocenters. The Balaban J connectivity index is 2.00. The Bertz CT molecular complexity index is 366. The maximum Gasteiger partial charge on any atom is 0.123 e. The lowest BCUT2D eigenvalue weighted by Gasteiger charge is -2.38. The van der Waals surface area contributed by atoms with Crippen LogP contribution in [-0.4, -0.2) is 35.6 Å². The molecule has 1 aromatic heterocycles. The second kappa shape index (κ2) is 6.16. The highest BCUT2D eigenvalue weighted by molar-refractivity contribution is 5.30. The first kappa shape index (κ1) is 13.3. The van der Waals surface area contributed by atoms with Crippen LogP contribution in [0.25, 0.3) is 0 Å². The molecule has 0 aromatic carbocycles. The van der Waals surface area contributed by atoms with Crippen molar-refractivity contribution in [1.82, 2.24) is 9.88 Å². The van der Waals surface area contributed by atoms with E-state index >= 15 is 0 Å². The number of hydrogen-bond donors (Lipinski definition) is 1. The molecule has 1 aliphatic heterocycles. The first-order valence-electron chi connectivity index (χ1n) is 6.77. The van der Waals surface area contributed by atoms with Crippen LogP contribution in [0.1, 0.15) is 38.4 Å². The molecule has 0 saturated carbocycles. The molecule has 0 bridgehead atoms. The van der Waals surface area contributed by atoms with E-state index in [1.165, 1.54) is 12.8 Å². The number of aromatic nitrogens is 1. The average molecular weight is 249 g/mol. The van der Waals surface area contributed by atoms with Gasteiger partial charge in [0.2, 0.25) is 0 Å². The van der Waals surface area contributed by atoms with E-state index in [2.05, 4.69) is 23.7 Å². The van der Waals surface area contributed by atoms with E-state index < -0.39 is 0 Å². The van der Waals surface area contributed by atoms with Crippen molar-refractivity contribution in [3.8, 4) is 0 Å². The van der Waals surface area contributed by atoms with Gasteiger partial charge >= 0.3 is 0 Å². The minimum Gasteiger partial charge on any atom is -0.384 e. The zero-order valence-electron chi connectivity index (χ0n) is 11.3. The SMILES string of the molecule is CCCCN1C[C@@H](c2ccc(N)nc2)OC[C@@H]1C. The van der Waals surface area contributed by atoms with Gasteiger partial charge in [0, 0.05) is 24.3 Å². The molecule has 1 saturated heterocycles. The van der Waals surface area contributed by atoms with Crippen LogP contribution < -0.4 is 5.73 Å². The van der Waals surface area contributed by atoms with Gasteiger partial charge in [-0.25, -0.2) is 4.98 Å². The molecule has 4 heteroatoms. The molecule has 0 amide bonds. The lowest BCUT2D eigenvalue weighted by molar-refractivity contribution is -0.0603. The Morgan fingerprint density at radius 3 is 3.00 bits per heavy atom. The van der Waals surface area contributed by atoms with Crippen molar-refractivity contribution in [3.05, 3.63) is 23.9 Å². The zero-order chi connectivity index (χ0) is 13.0. The summed E-state index contributed by atoms with van der Waals surface area (Å²) in [5.74, 6) is 0.561. The van der Waals surface area contributed by atoms with E-state index in [1.54, 1.807) is 0 Å². The molecule has 1 aliphatic rings. The fourth-order valence-electron chi connectivity index (χ4n) is 2.29. The number of nitrogens with zero attached hydrogens (tertiary/aromatic N) is 2. The third-order valence-electron chi connectivity index (χ3n) is 3.54. The third kappa shape index (κ3) is 3.21. The lowest BCUT2D eigenvalue weighted by atomic mass is 10.1. The molecular weight excluding hydrogens is 226 g/mol. The Kier molecular flexibility index (Phi) is 4.55. The quantitative estimate of drug-likeness (QED) is 0.889. The van der Waals surface area contributed by atoms with Crippen LogP contribution in [0.3, 0.4) is 0 Å².